The second-order valence-electron chi connectivity index (χ2n) is 4.69. The van der Waals surface area contributed by atoms with Crippen LogP contribution in [0.25, 0.3) is 10.9 Å². The molecule has 1 heterocycles. The van der Waals surface area contributed by atoms with Gasteiger partial charge in [0.2, 0.25) is 0 Å². The van der Waals surface area contributed by atoms with Crippen molar-refractivity contribution in [2.24, 2.45) is 0 Å². The van der Waals surface area contributed by atoms with Crippen LogP contribution in [0.15, 0.2) is 48.7 Å². The third-order valence-electron chi connectivity index (χ3n) is 3.39. The van der Waals surface area contributed by atoms with Gasteiger partial charge in [-0.3, -0.25) is 4.98 Å². The van der Waals surface area contributed by atoms with Crippen molar-refractivity contribution in [1.29, 1.82) is 0 Å². The molecular weight excluding hydrogens is 283 g/mol. The number of nitrogens with zero attached hydrogens (tertiary/aromatic N) is 1. The number of anilines is 2. The van der Waals surface area contributed by atoms with Gasteiger partial charge in [0.25, 0.3) is 0 Å². The monoisotopic (exact) mass is 298 g/mol. The summed E-state index contributed by atoms with van der Waals surface area (Å²) in [6.45, 7) is 0. The van der Waals surface area contributed by atoms with Crippen molar-refractivity contribution in [3.63, 3.8) is 0 Å². The summed E-state index contributed by atoms with van der Waals surface area (Å²) in [5.74, 6) is 0.887. The average Bonchev–Trinajstić information content (AvgIpc) is 2.56. The highest BCUT2D eigenvalue weighted by molar-refractivity contribution is 5.95. The molecule has 0 aliphatic heterocycles. The van der Waals surface area contributed by atoms with E-state index in [1.165, 1.54) is 6.07 Å². The summed E-state index contributed by atoms with van der Waals surface area (Å²) in [6.07, 6.45) is 1.66. The smallest absolute Gasteiger partial charge is 0.162 e. The van der Waals surface area contributed by atoms with Crippen LogP contribution in [0.2, 0.25) is 0 Å². The lowest BCUT2D eigenvalue weighted by molar-refractivity contribution is 0.356. The summed E-state index contributed by atoms with van der Waals surface area (Å²) in [4.78, 5) is 4.32. The predicted molar refractivity (Wildman–Crippen MR) is 84.5 cm³/mol. The first kappa shape index (κ1) is 14.1. The van der Waals surface area contributed by atoms with Gasteiger partial charge in [-0.05, 0) is 24.3 Å². The number of nitrogens with one attached hydrogen (secondary N) is 1. The van der Waals surface area contributed by atoms with E-state index in [9.17, 15) is 4.39 Å². The molecule has 3 rings (SSSR count). The van der Waals surface area contributed by atoms with Gasteiger partial charge in [-0.2, -0.15) is 0 Å². The fourth-order valence-electron chi connectivity index (χ4n) is 2.29. The number of para-hydroxylation sites is 1. The molecule has 2 aromatic carbocycles. The van der Waals surface area contributed by atoms with Crippen LogP contribution < -0.4 is 14.8 Å². The minimum atomic E-state index is -0.312. The molecule has 4 nitrogen and oxygen atoms in total. The number of methoxy groups -OCH3 is 2. The molecule has 0 aliphatic rings. The van der Waals surface area contributed by atoms with Crippen molar-refractivity contribution in [2.45, 2.75) is 0 Å². The predicted octanol–water partition coefficient (Wildman–Crippen LogP) is 4.13. The normalized spacial score (nSPS) is 10.5. The van der Waals surface area contributed by atoms with Crippen LogP contribution in [0, 0.1) is 5.82 Å². The second kappa shape index (κ2) is 5.89. The molecule has 0 spiro atoms. The molecule has 0 atom stereocenters. The van der Waals surface area contributed by atoms with Gasteiger partial charge in [-0.1, -0.05) is 12.1 Å². The molecule has 0 aliphatic carbocycles. The Morgan fingerprint density at radius 2 is 1.68 bits per heavy atom. The van der Waals surface area contributed by atoms with E-state index in [1.54, 1.807) is 50.7 Å². The zero-order valence-corrected chi connectivity index (χ0v) is 12.3. The van der Waals surface area contributed by atoms with Crippen LogP contribution in [-0.2, 0) is 0 Å². The lowest BCUT2D eigenvalue weighted by Crippen LogP contribution is -1.97. The van der Waals surface area contributed by atoms with E-state index >= 15 is 0 Å². The maximum atomic E-state index is 13.8. The standard InChI is InChI=1S/C17H15FN2O2/c1-21-16-9-11-13(20-14-6-4-3-5-12(14)18)7-8-19-15(11)10-17(16)22-2/h3-10H,1-2H3,(H,19,20). The average molecular weight is 298 g/mol. The molecule has 0 unspecified atom stereocenters. The van der Waals surface area contributed by atoms with E-state index in [0.29, 0.717) is 17.2 Å². The molecule has 0 fully saturated rings. The first-order valence-corrected chi connectivity index (χ1v) is 6.75. The first-order valence-electron chi connectivity index (χ1n) is 6.75. The quantitative estimate of drug-likeness (QED) is 0.786. The molecule has 0 saturated carbocycles. The number of hydrogen-bond acceptors (Lipinski definition) is 4. The third-order valence-corrected chi connectivity index (χ3v) is 3.39. The van der Waals surface area contributed by atoms with E-state index in [0.717, 1.165) is 16.6 Å². The number of benzene rings is 2. The Bertz CT molecular complexity index is 821. The number of aromatic nitrogens is 1. The third kappa shape index (κ3) is 2.53. The second-order valence-corrected chi connectivity index (χ2v) is 4.69. The first-order chi connectivity index (χ1) is 10.7. The van der Waals surface area contributed by atoms with Gasteiger partial charge in [0.05, 0.1) is 25.4 Å². The number of fused-ring (bicyclic) bond motifs is 1. The van der Waals surface area contributed by atoms with Crippen molar-refractivity contribution in [2.75, 3.05) is 19.5 Å². The number of rotatable bonds is 4. The van der Waals surface area contributed by atoms with Crippen LogP contribution in [-0.4, -0.2) is 19.2 Å². The summed E-state index contributed by atoms with van der Waals surface area (Å²) >= 11 is 0. The summed E-state index contributed by atoms with van der Waals surface area (Å²) in [5, 5.41) is 3.92. The van der Waals surface area contributed by atoms with Gasteiger partial charge in [-0.15, -0.1) is 0 Å². The van der Waals surface area contributed by atoms with E-state index < -0.39 is 0 Å². The van der Waals surface area contributed by atoms with Gasteiger partial charge < -0.3 is 14.8 Å². The van der Waals surface area contributed by atoms with Crippen LogP contribution in [0.4, 0.5) is 15.8 Å². The van der Waals surface area contributed by atoms with Crippen LogP contribution >= 0.6 is 0 Å². The van der Waals surface area contributed by atoms with Crippen LogP contribution in [0.5, 0.6) is 11.5 Å². The highest BCUT2D eigenvalue weighted by Crippen LogP contribution is 2.35. The summed E-state index contributed by atoms with van der Waals surface area (Å²) in [7, 11) is 3.15. The number of halogens is 1. The van der Waals surface area contributed by atoms with E-state index in [1.807, 2.05) is 6.07 Å². The fourth-order valence-corrected chi connectivity index (χ4v) is 2.29. The van der Waals surface area contributed by atoms with E-state index in [4.69, 9.17) is 9.47 Å². The number of hydrogen-bond donors (Lipinski definition) is 1. The Kier molecular flexibility index (Phi) is 3.78. The van der Waals surface area contributed by atoms with Gasteiger partial charge in [0.1, 0.15) is 5.82 Å². The Labute approximate surface area is 127 Å². The largest absolute Gasteiger partial charge is 0.493 e. The maximum Gasteiger partial charge on any atom is 0.162 e. The molecule has 0 bridgehead atoms. The van der Waals surface area contributed by atoms with Gasteiger partial charge in [0, 0.05) is 23.3 Å². The minimum Gasteiger partial charge on any atom is -0.493 e. The molecule has 1 N–H and O–H groups in total. The number of ether oxygens (including phenoxy) is 2. The summed E-state index contributed by atoms with van der Waals surface area (Å²) < 4.78 is 24.4. The Balaban J connectivity index is 2.12. The molecule has 22 heavy (non-hydrogen) atoms. The van der Waals surface area contributed by atoms with Gasteiger partial charge >= 0.3 is 0 Å². The van der Waals surface area contributed by atoms with Crippen molar-refractivity contribution < 1.29 is 13.9 Å². The summed E-state index contributed by atoms with van der Waals surface area (Å²) in [5.41, 5.74) is 1.89. The SMILES string of the molecule is COc1cc2nccc(Nc3ccccc3F)c2cc1OC. The molecule has 112 valence electrons. The topological polar surface area (TPSA) is 43.4 Å². The van der Waals surface area contributed by atoms with Crippen LogP contribution in [0.1, 0.15) is 0 Å². The lowest BCUT2D eigenvalue weighted by Gasteiger charge is -2.13. The molecule has 0 amide bonds. The lowest BCUT2D eigenvalue weighted by atomic mass is 10.1. The molecule has 1 aromatic heterocycles. The fraction of sp³-hybridized carbons (Fsp3) is 0.118. The van der Waals surface area contributed by atoms with Crippen molar-refractivity contribution in [3.05, 3.63) is 54.5 Å². The highest BCUT2D eigenvalue weighted by atomic mass is 19.1. The molecule has 0 radical (unpaired) electrons. The van der Waals surface area contributed by atoms with Crippen LogP contribution in [0.3, 0.4) is 0 Å². The molecule has 0 saturated heterocycles. The van der Waals surface area contributed by atoms with Gasteiger partial charge in [0.15, 0.2) is 11.5 Å². The Morgan fingerprint density at radius 3 is 2.41 bits per heavy atom. The highest BCUT2D eigenvalue weighted by Gasteiger charge is 2.11. The minimum absolute atomic E-state index is 0.312. The molecule has 3 aromatic rings. The van der Waals surface area contributed by atoms with E-state index in [2.05, 4.69) is 10.3 Å². The van der Waals surface area contributed by atoms with Crippen molar-refractivity contribution >= 4 is 22.3 Å². The maximum absolute atomic E-state index is 13.8. The number of pyridine rings is 1. The van der Waals surface area contributed by atoms with E-state index in [-0.39, 0.29) is 5.82 Å². The van der Waals surface area contributed by atoms with Crippen molar-refractivity contribution in [3.8, 4) is 11.5 Å². The van der Waals surface area contributed by atoms with Gasteiger partial charge in [-0.25, -0.2) is 4.39 Å². The Hall–Kier alpha value is -2.82. The molecule has 5 heteroatoms. The Morgan fingerprint density at radius 1 is 0.955 bits per heavy atom. The zero-order valence-electron chi connectivity index (χ0n) is 12.3. The molecular formula is C17H15FN2O2. The van der Waals surface area contributed by atoms with Crippen molar-refractivity contribution in [1.82, 2.24) is 4.98 Å². The zero-order chi connectivity index (χ0) is 15.5. The summed E-state index contributed by atoms with van der Waals surface area (Å²) in [6, 6.07) is 11.9.